The molecule has 1 fully saturated rings. The van der Waals surface area contributed by atoms with E-state index in [1.54, 1.807) is 0 Å². The van der Waals surface area contributed by atoms with Gasteiger partial charge >= 0.3 is 207 Å². The van der Waals surface area contributed by atoms with Crippen LogP contribution < -0.4 is 15.9 Å². The number of halogens is 1. The molecular weight excluding hydrogens is 489 g/mol. The number of cyclic esters (lactones) is 1. The standard InChI is InChI=1S/C30H28NO3P.ClH/c32-29(31-25(22-34-30(31)33)21-24-13-5-1-6-14-24)23-35(26-15-7-2-8-16-26,27-17-9-3-10-18-27)28-19-11-4-12-20-28;/h1-20,25,35H,21-23H2;1H/t25-;/m0./s1. The number of hydrogen-bond acceptors (Lipinski definition) is 3. The van der Waals surface area contributed by atoms with E-state index in [0.717, 1.165) is 21.5 Å². The van der Waals surface area contributed by atoms with Crippen LogP contribution in [0.3, 0.4) is 0 Å². The number of carbonyl (C=O) groups excluding carboxylic acids is 2. The molecule has 6 heteroatoms. The fraction of sp³-hybridized carbons (Fsp3) is 0.133. The summed E-state index contributed by atoms with van der Waals surface area (Å²) in [6, 6.07) is 40.4. The van der Waals surface area contributed by atoms with Crippen molar-refractivity contribution in [1.29, 1.82) is 0 Å². The van der Waals surface area contributed by atoms with Crippen molar-refractivity contribution in [3.63, 3.8) is 0 Å². The van der Waals surface area contributed by atoms with Gasteiger partial charge in [0.15, 0.2) is 0 Å². The van der Waals surface area contributed by atoms with Crippen molar-refractivity contribution in [2.45, 2.75) is 12.5 Å². The van der Waals surface area contributed by atoms with Gasteiger partial charge in [-0.3, -0.25) is 0 Å². The van der Waals surface area contributed by atoms with Crippen LogP contribution in [0.2, 0.25) is 0 Å². The molecule has 0 spiro atoms. The molecule has 1 atom stereocenters. The molecule has 1 aliphatic heterocycles. The molecule has 0 radical (unpaired) electrons. The van der Waals surface area contributed by atoms with E-state index in [9.17, 15) is 9.59 Å². The summed E-state index contributed by atoms with van der Waals surface area (Å²) >= 11 is 0. The van der Waals surface area contributed by atoms with Crippen LogP contribution in [0.4, 0.5) is 4.79 Å². The summed E-state index contributed by atoms with van der Waals surface area (Å²) in [4.78, 5) is 28.2. The van der Waals surface area contributed by atoms with Gasteiger partial charge in [-0.25, -0.2) is 0 Å². The number of amides is 2. The maximum atomic E-state index is 14.1. The van der Waals surface area contributed by atoms with E-state index in [1.165, 1.54) is 4.90 Å². The molecule has 36 heavy (non-hydrogen) atoms. The molecule has 2 amide bonds. The molecule has 1 heterocycles. The van der Waals surface area contributed by atoms with Crippen molar-refractivity contribution < 1.29 is 14.3 Å². The summed E-state index contributed by atoms with van der Waals surface area (Å²) < 4.78 is 5.38. The summed E-state index contributed by atoms with van der Waals surface area (Å²) in [6.07, 6.45) is 0.272. The summed E-state index contributed by atoms with van der Waals surface area (Å²) in [7, 11) is -2.80. The molecule has 0 aromatic heterocycles. The number of carbonyl (C=O) groups is 2. The van der Waals surface area contributed by atoms with E-state index in [-0.39, 0.29) is 37.1 Å². The maximum absolute atomic E-state index is 14.1. The van der Waals surface area contributed by atoms with Crippen LogP contribution in [-0.2, 0) is 16.0 Å². The van der Waals surface area contributed by atoms with Crippen molar-refractivity contribution in [3.05, 3.63) is 127 Å². The van der Waals surface area contributed by atoms with Crippen LogP contribution in [0.1, 0.15) is 5.56 Å². The topological polar surface area (TPSA) is 46.6 Å². The second-order valence-corrected chi connectivity index (χ2v) is 12.8. The summed E-state index contributed by atoms with van der Waals surface area (Å²) in [5, 5.41) is 3.41. The van der Waals surface area contributed by atoms with Crippen molar-refractivity contribution in [1.82, 2.24) is 4.90 Å². The average molecular weight is 518 g/mol. The van der Waals surface area contributed by atoms with E-state index in [4.69, 9.17) is 4.74 Å². The van der Waals surface area contributed by atoms with Crippen molar-refractivity contribution in [2.24, 2.45) is 0 Å². The summed E-state index contributed by atoms with van der Waals surface area (Å²) in [5.41, 5.74) is 1.08. The average Bonchev–Trinajstić information content (AvgIpc) is 3.29. The van der Waals surface area contributed by atoms with Crippen LogP contribution in [0.5, 0.6) is 0 Å². The normalized spacial score (nSPS) is 15.6. The van der Waals surface area contributed by atoms with Crippen molar-refractivity contribution in [2.75, 3.05) is 12.8 Å². The van der Waals surface area contributed by atoms with Gasteiger partial charge in [0.1, 0.15) is 0 Å². The van der Waals surface area contributed by atoms with E-state index < -0.39 is 13.4 Å². The molecular formula is C30H29ClNO3P. The number of hydrogen-bond donors (Lipinski definition) is 0. The second-order valence-electron chi connectivity index (χ2n) is 8.86. The quantitative estimate of drug-likeness (QED) is 0.333. The van der Waals surface area contributed by atoms with Gasteiger partial charge in [0.25, 0.3) is 0 Å². The van der Waals surface area contributed by atoms with Gasteiger partial charge < -0.3 is 0 Å². The zero-order valence-electron chi connectivity index (χ0n) is 19.8. The fourth-order valence-electron chi connectivity index (χ4n) is 5.09. The van der Waals surface area contributed by atoms with E-state index in [0.29, 0.717) is 6.42 Å². The van der Waals surface area contributed by atoms with Crippen LogP contribution in [-0.4, -0.2) is 35.7 Å². The van der Waals surface area contributed by atoms with Gasteiger partial charge in [0.2, 0.25) is 0 Å². The number of rotatable bonds is 7. The Morgan fingerprint density at radius 1 is 0.722 bits per heavy atom. The summed E-state index contributed by atoms with van der Waals surface area (Å²) in [5.74, 6) is -0.184. The molecule has 4 aromatic carbocycles. The Hall–Kier alpha value is -3.46. The van der Waals surface area contributed by atoms with Gasteiger partial charge in [-0.2, -0.15) is 0 Å². The number of ether oxygens (including phenoxy) is 1. The molecule has 5 rings (SSSR count). The Kier molecular flexibility index (Phi) is 8.20. The Bertz CT molecular complexity index is 1190. The van der Waals surface area contributed by atoms with Gasteiger partial charge in [-0.05, 0) is 0 Å². The van der Waals surface area contributed by atoms with E-state index in [1.807, 2.05) is 84.9 Å². The molecule has 1 saturated heterocycles. The fourth-order valence-corrected chi connectivity index (χ4v) is 9.61. The molecule has 0 saturated carbocycles. The predicted octanol–water partition coefficient (Wildman–Crippen LogP) is 4.72. The molecule has 1 aliphatic rings. The number of benzene rings is 4. The first-order valence-corrected chi connectivity index (χ1v) is 14.1. The molecule has 0 bridgehead atoms. The minimum atomic E-state index is -2.80. The molecule has 4 nitrogen and oxygen atoms in total. The number of nitrogens with zero attached hydrogens (tertiary/aromatic N) is 1. The van der Waals surface area contributed by atoms with Crippen LogP contribution >= 0.6 is 19.7 Å². The van der Waals surface area contributed by atoms with Crippen LogP contribution in [0.15, 0.2) is 121 Å². The Labute approximate surface area is 218 Å². The third kappa shape index (κ3) is 5.06. The van der Waals surface area contributed by atoms with E-state index in [2.05, 4.69) is 36.4 Å². The Balaban J connectivity index is 0.00000304. The number of imide groups is 1. The van der Waals surface area contributed by atoms with Crippen molar-refractivity contribution in [3.8, 4) is 0 Å². The Morgan fingerprint density at radius 2 is 1.14 bits per heavy atom. The molecule has 0 unspecified atom stereocenters. The van der Waals surface area contributed by atoms with E-state index >= 15 is 0 Å². The zero-order valence-corrected chi connectivity index (χ0v) is 21.6. The zero-order chi connectivity index (χ0) is 24.1. The minimum absolute atomic E-state index is 0. The first kappa shape index (κ1) is 25.6. The third-order valence-corrected chi connectivity index (χ3v) is 11.5. The van der Waals surface area contributed by atoms with Gasteiger partial charge in [-0.1, -0.05) is 0 Å². The Morgan fingerprint density at radius 3 is 1.58 bits per heavy atom. The van der Waals surface area contributed by atoms with Crippen LogP contribution in [0.25, 0.3) is 0 Å². The summed E-state index contributed by atoms with van der Waals surface area (Å²) in [6.45, 7) is 0.218. The molecule has 184 valence electrons. The second kappa shape index (κ2) is 11.5. The monoisotopic (exact) mass is 517 g/mol. The predicted molar refractivity (Wildman–Crippen MR) is 151 cm³/mol. The first-order chi connectivity index (χ1) is 17.2. The van der Waals surface area contributed by atoms with Crippen molar-refractivity contribution >= 4 is 47.6 Å². The molecule has 4 aromatic rings. The molecule has 0 N–H and O–H groups in total. The van der Waals surface area contributed by atoms with Gasteiger partial charge in [-0.15, -0.1) is 12.4 Å². The van der Waals surface area contributed by atoms with Gasteiger partial charge in [0.05, 0.1) is 0 Å². The van der Waals surface area contributed by atoms with Crippen LogP contribution in [0, 0.1) is 0 Å². The third-order valence-electron chi connectivity index (χ3n) is 6.76. The first-order valence-electron chi connectivity index (χ1n) is 11.9. The SMILES string of the molecule is Cl.O=C(C[PH](c1ccccc1)(c1ccccc1)c1ccccc1)N1C(=O)OC[C@@H]1Cc1ccccc1. The molecule has 0 aliphatic carbocycles. The van der Waals surface area contributed by atoms with Gasteiger partial charge in [0, 0.05) is 0 Å².